The standard InChI is InChI=1S/C11H9BrClNO/c1-7-10(6-12)14-11(15-7)8-2-4-9(13)5-3-8/h2-5H,6H2,1H3. The average Bonchev–Trinajstić information content (AvgIpc) is 2.61. The molecule has 1 aromatic heterocycles. The van der Waals surface area contributed by atoms with E-state index in [0.717, 1.165) is 17.0 Å². The van der Waals surface area contributed by atoms with Crippen LogP contribution in [-0.2, 0) is 5.33 Å². The number of alkyl halides is 1. The summed E-state index contributed by atoms with van der Waals surface area (Å²) in [6.07, 6.45) is 0. The van der Waals surface area contributed by atoms with Crippen LogP contribution < -0.4 is 0 Å². The fourth-order valence-corrected chi connectivity index (χ4v) is 1.91. The summed E-state index contributed by atoms with van der Waals surface area (Å²) in [5.74, 6) is 1.48. The predicted octanol–water partition coefficient (Wildman–Crippen LogP) is 4.20. The van der Waals surface area contributed by atoms with E-state index in [9.17, 15) is 0 Å². The van der Waals surface area contributed by atoms with Crippen LogP contribution in [0.3, 0.4) is 0 Å². The van der Waals surface area contributed by atoms with Gasteiger partial charge < -0.3 is 4.42 Å². The van der Waals surface area contributed by atoms with E-state index in [2.05, 4.69) is 20.9 Å². The van der Waals surface area contributed by atoms with E-state index < -0.39 is 0 Å². The normalized spacial score (nSPS) is 10.6. The molecule has 0 atom stereocenters. The van der Waals surface area contributed by atoms with Crippen LogP contribution in [-0.4, -0.2) is 4.98 Å². The van der Waals surface area contributed by atoms with Crippen LogP contribution in [0.15, 0.2) is 28.7 Å². The molecule has 0 aliphatic rings. The second-order valence-corrected chi connectivity index (χ2v) is 4.16. The molecule has 2 aromatic rings. The van der Waals surface area contributed by atoms with Gasteiger partial charge in [0.2, 0.25) is 5.89 Å². The third-order valence-corrected chi connectivity index (χ3v) is 2.89. The lowest BCUT2D eigenvalue weighted by molar-refractivity contribution is 0.540. The third-order valence-electron chi connectivity index (χ3n) is 2.11. The fourth-order valence-electron chi connectivity index (χ4n) is 1.27. The molecule has 0 radical (unpaired) electrons. The molecular formula is C11H9BrClNO. The highest BCUT2D eigenvalue weighted by Gasteiger charge is 2.09. The lowest BCUT2D eigenvalue weighted by atomic mass is 10.2. The molecular weight excluding hydrogens is 277 g/mol. The second-order valence-electron chi connectivity index (χ2n) is 3.16. The van der Waals surface area contributed by atoms with Crippen LogP contribution in [0.2, 0.25) is 5.02 Å². The van der Waals surface area contributed by atoms with E-state index >= 15 is 0 Å². The maximum atomic E-state index is 5.80. The van der Waals surface area contributed by atoms with E-state index in [1.165, 1.54) is 0 Å². The van der Waals surface area contributed by atoms with Crippen LogP contribution >= 0.6 is 27.5 Å². The SMILES string of the molecule is Cc1oc(-c2ccc(Cl)cc2)nc1CBr. The van der Waals surface area contributed by atoms with Crippen LogP contribution in [0.25, 0.3) is 11.5 Å². The fraction of sp³-hybridized carbons (Fsp3) is 0.182. The number of hydrogen-bond acceptors (Lipinski definition) is 2. The largest absolute Gasteiger partial charge is 0.441 e. The minimum atomic E-state index is 0.638. The first kappa shape index (κ1) is 10.7. The Bertz CT molecular complexity index is 464. The van der Waals surface area contributed by atoms with Crippen molar-refractivity contribution in [3.63, 3.8) is 0 Å². The third kappa shape index (κ3) is 2.24. The van der Waals surface area contributed by atoms with E-state index in [1.54, 1.807) is 0 Å². The molecule has 1 heterocycles. The number of rotatable bonds is 2. The first-order chi connectivity index (χ1) is 7.20. The molecule has 0 fully saturated rings. The molecule has 4 heteroatoms. The lowest BCUT2D eigenvalue weighted by Gasteiger charge is -1.94. The van der Waals surface area contributed by atoms with Crippen molar-refractivity contribution in [1.29, 1.82) is 0 Å². The van der Waals surface area contributed by atoms with E-state index in [-0.39, 0.29) is 0 Å². The van der Waals surface area contributed by atoms with Gasteiger partial charge in [-0.3, -0.25) is 0 Å². The number of hydrogen-bond donors (Lipinski definition) is 0. The first-order valence-corrected chi connectivity index (χ1v) is 5.99. The first-order valence-electron chi connectivity index (χ1n) is 4.49. The molecule has 2 rings (SSSR count). The highest BCUT2D eigenvalue weighted by molar-refractivity contribution is 9.08. The van der Waals surface area contributed by atoms with Crippen LogP contribution in [0.4, 0.5) is 0 Å². The van der Waals surface area contributed by atoms with Crippen LogP contribution in [0.1, 0.15) is 11.5 Å². The molecule has 0 unspecified atom stereocenters. The topological polar surface area (TPSA) is 26.0 Å². The van der Waals surface area contributed by atoms with Crippen molar-refractivity contribution in [3.05, 3.63) is 40.7 Å². The van der Waals surface area contributed by atoms with Gasteiger partial charge in [-0.1, -0.05) is 27.5 Å². The highest BCUT2D eigenvalue weighted by Crippen LogP contribution is 2.24. The van der Waals surface area contributed by atoms with E-state index in [4.69, 9.17) is 16.0 Å². The molecule has 0 bridgehead atoms. The van der Waals surface area contributed by atoms with Gasteiger partial charge in [-0.25, -0.2) is 4.98 Å². The predicted molar refractivity (Wildman–Crippen MR) is 64.3 cm³/mol. The van der Waals surface area contributed by atoms with Gasteiger partial charge in [-0.05, 0) is 31.2 Å². The van der Waals surface area contributed by atoms with Gasteiger partial charge in [0.1, 0.15) is 5.76 Å². The van der Waals surface area contributed by atoms with E-state index in [1.807, 2.05) is 31.2 Å². The molecule has 0 spiro atoms. The van der Waals surface area contributed by atoms with Gasteiger partial charge in [0.05, 0.1) is 5.69 Å². The summed E-state index contributed by atoms with van der Waals surface area (Å²) in [5, 5.41) is 1.42. The van der Waals surface area contributed by atoms with Gasteiger partial charge >= 0.3 is 0 Å². The Balaban J connectivity index is 2.41. The summed E-state index contributed by atoms with van der Waals surface area (Å²) >= 11 is 9.17. The Labute approximate surface area is 101 Å². The van der Waals surface area contributed by atoms with Gasteiger partial charge in [0, 0.05) is 15.9 Å². The summed E-state index contributed by atoms with van der Waals surface area (Å²) in [6.45, 7) is 1.91. The summed E-state index contributed by atoms with van der Waals surface area (Å²) in [4.78, 5) is 4.37. The van der Waals surface area contributed by atoms with Gasteiger partial charge in [-0.2, -0.15) is 0 Å². The minimum Gasteiger partial charge on any atom is -0.441 e. The Morgan fingerprint density at radius 3 is 2.53 bits per heavy atom. The maximum absolute atomic E-state index is 5.80. The second kappa shape index (κ2) is 4.37. The highest BCUT2D eigenvalue weighted by atomic mass is 79.9. The Hall–Kier alpha value is -0.800. The van der Waals surface area contributed by atoms with Crippen molar-refractivity contribution in [1.82, 2.24) is 4.98 Å². The molecule has 0 aliphatic heterocycles. The number of halogens is 2. The Kier molecular flexibility index (Phi) is 3.12. The van der Waals surface area contributed by atoms with Crippen molar-refractivity contribution >= 4 is 27.5 Å². The molecule has 2 nitrogen and oxygen atoms in total. The quantitative estimate of drug-likeness (QED) is 0.773. The number of aromatic nitrogens is 1. The maximum Gasteiger partial charge on any atom is 0.226 e. The van der Waals surface area contributed by atoms with Gasteiger partial charge in [0.15, 0.2) is 0 Å². The number of aryl methyl sites for hydroxylation is 1. The van der Waals surface area contributed by atoms with Crippen molar-refractivity contribution < 1.29 is 4.42 Å². The van der Waals surface area contributed by atoms with Gasteiger partial charge in [0.25, 0.3) is 0 Å². The Morgan fingerprint density at radius 1 is 1.33 bits per heavy atom. The summed E-state index contributed by atoms with van der Waals surface area (Å²) < 4.78 is 5.55. The molecule has 15 heavy (non-hydrogen) atoms. The zero-order chi connectivity index (χ0) is 10.8. The van der Waals surface area contributed by atoms with Crippen molar-refractivity contribution in [2.24, 2.45) is 0 Å². The Morgan fingerprint density at radius 2 is 2.00 bits per heavy atom. The molecule has 1 aromatic carbocycles. The average molecular weight is 287 g/mol. The molecule has 0 amide bonds. The monoisotopic (exact) mass is 285 g/mol. The minimum absolute atomic E-state index is 0.638. The lowest BCUT2D eigenvalue weighted by Crippen LogP contribution is -1.80. The summed E-state index contributed by atoms with van der Waals surface area (Å²) in [5.41, 5.74) is 1.87. The van der Waals surface area contributed by atoms with Crippen molar-refractivity contribution in [2.75, 3.05) is 0 Å². The zero-order valence-corrected chi connectivity index (χ0v) is 10.5. The zero-order valence-electron chi connectivity index (χ0n) is 8.13. The molecule has 0 aliphatic carbocycles. The smallest absolute Gasteiger partial charge is 0.226 e. The number of nitrogens with zero attached hydrogens (tertiary/aromatic N) is 1. The van der Waals surface area contributed by atoms with E-state index in [0.29, 0.717) is 16.2 Å². The summed E-state index contributed by atoms with van der Waals surface area (Å²) in [6, 6.07) is 7.44. The molecule has 0 saturated carbocycles. The van der Waals surface area contributed by atoms with Gasteiger partial charge in [-0.15, -0.1) is 0 Å². The number of oxazole rings is 1. The summed E-state index contributed by atoms with van der Waals surface area (Å²) in [7, 11) is 0. The van der Waals surface area contributed by atoms with Crippen LogP contribution in [0, 0.1) is 6.92 Å². The van der Waals surface area contributed by atoms with Crippen molar-refractivity contribution in [2.45, 2.75) is 12.3 Å². The van der Waals surface area contributed by atoms with Crippen LogP contribution in [0.5, 0.6) is 0 Å². The molecule has 78 valence electrons. The molecule has 0 N–H and O–H groups in total. The number of benzene rings is 1. The van der Waals surface area contributed by atoms with Crippen molar-refractivity contribution in [3.8, 4) is 11.5 Å². The molecule has 0 saturated heterocycles.